The van der Waals surface area contributed by atoms with E-state index in [0.717, 1.165) is 23.1 Å². The lowest BCUT2D eigenvalue weighted by Gasteiger charge is -2.08. The molecule has 118 valence electrons. The van der Waals surface area contributed by atoms with E-state index in [2.05, 4.69) is 23.0 Å². The maximum Gasteiger partial charge on any atom is 0.348 e. The van der Waals surface area contributed by atoms with E-state index in [4.69, 9.17) is 10.5 Å². The normalized spacial score (nSPS) is 10.9. The molecule has 2 heterocycles. The molecule has 0 saturated carbocycles. The van der Waals surface area contributed by atoms with Gasteiger partial charge >= 0.3 is 5.97 Å². The first-order valence-electron chi connectivity index (χ1n) is 7.46. The molecule has 0 fully saturated rings. The van der Waals surface area contributed by atoms with Gasteiger partial charge in [-0.05, 0) is 25.0 Å². The molecule has 2 N–H and O–H groups in total. The van der Waals surface area contributed by atoms with Gasteiger partial charge < -0.3 is 10.5 Å². The number of ether oxygens (including phenoxy) is 1. The topological polar surface area (TPSA) is 78.1 Å². The van der Waals surface area contributed by atoms with E-state index in [1.807, 2.05) is 18.2 Å². The highest BCUT2D eigenvalue weighted by atomic mass is 32.1. The predicted octanol–water partition coefficient (Wildman–Crippen LogP) is 3.68. The molecule has 1 aromatic carbocycles. The first-order valence-corrected chi connectivity index (χ1v) is 8.28. The van der Waals surface area contributed by atoms with E-state index >= 15 is 0 Å². The number of carbonyl (C=O) groups excluding carboxylic acids is 1. The van der Waals surface area contributed by atoms with Crippen LogP contribution in [0.2, 0.25) is 0 Å². The molecule has 0 aliphatic heterocycles. The van der Waals surface area contributed by atoms with Gasteiger partial charge in [-0.2, -0.15) is 0 Å². The summed E-state index contributed by atoms with van der Waals surface area (Å²) in [4.78, 5) is 21.9. The lowest BCUT2D eigenvalue weighted by atomic mass is 10.0. The van der Waals surface area contributed by atoms with Crippen LogP contribution in [0.5, 0.6) is 0 Å². The van der Waals surface area contributed by atoms with Crippen LogP contribution in [0.25, 0.3) is 21.5 Å². The van der Waals surface area contributed by atoms with Crippen molar-refractivity contribution in [2.24, 2.45) is 0 Å². The Morgan fingerprint density at radius 2 is 2.04 bits per heavy atom. The van der Waals surface area contributed by atoms with Crippen molar-refractivity contribution in [2.45, 2.75) is 20.3 Å². The summed E-state index contributed by atoms with van der Waals surface area (Å²) in [7, 11) is 0. The van der Waals surface area contributed by atoms with Gasteiger partial charge in [-0.25, -0.2) is 14.8 Å². The van der Waals surface area contributed by atoms with Gasteiger partial charge in [-0.1, -0.05) is 31.2 Å². The number of fused-ring (bicyclic) bond motifs is 1. The van der Waals surface area contributed by atoms with Gasteiger partial charge in [-0.3, -0.25) is 0 Å². The highest BCUT2D eigenvalue weighted by Gasteiger charge is 2.18. The van der Waals surface area contributed by atoms with Gasteiger partial charge in [0.05, 0.1) is 12.3 Å². The highest BCUT2D eigenvalue weighted by Crippen LogP contribution is 2.34. The lowest BCUT2D eigenvalue weighted by Crippen LogP contribution is -2.01. The summed E-state index contributed by atoms with van der Waals surface area (Å²) in [6.45, 7) is 4.22. The number of nitrogens with two attached hydrogens (primary N) is 1. The van der Waals surface area contributed by atoms with Gasteiger partial charge in [0.25, 0.3) is 0 Å². The third-order valence-corrected chi connectivity index (χ3v) is 4.55. The van der Waals surface area contributed by atoms with Crippen molar-refractivity contribution < 1.29 is 9.53 Å². The number of anilines is 1. The molecular formula is C17H17N3O2S. The molecule has 3 aromatic rings. The molecule has 0 aliphatic rings. The first kappa shape index (κ1) is 15.4. The molecule has 0 aliphatic carbocycles. The Morgan fingerprint density at radius 3 is 2.78 bits per heavy atom. The number of aromatic nitrogens is 2. The molecular weight excluding hydrogens is 310 g/mol. The number of nitrogens with zero attached hydrogens (tertiary/aromatic N) is 2. The molecule has 3 rings (SSSR count). The van der Waals surface area contributed by atoms with Crippen molar-refractivity contribution in [3.63, 3.8) is 0 Å². The number of rotatable bonds is 4. The number of esters is 1. The van der Waals surface area contributed by atoms with Gasteiger partial charge in [0.2, 0.25) is 5.95 Å². The molecule has 0 saturated heterocycles. The molecule has 6 heteroatoms. The maximum atomic E-state index is 12.0. The highest BCUT2D eigenvalue weighted by molar-refractivity contribution is 7.20. The quantitative estimate of drug-likeness (QED) is 0.740. The minimum Gasteiger partial charge on any atom is -0.462 e. The Morgan fingerprint density at radius 1 is 1.26 bits per heavy atom. The van der Waals surface area contributed by atoms with Gasteiger partial charge in [0, 0.05) is 10.9 Å². The molecule has 5 nitrogen and oxygen atoms in total. The molecule has 2 aromatic heterocycles. The molecule has 23 heavy (non-hydrogen) atoms. The summed E-state index contributed by atoms with van der Waals surface area (Å²) in [5.74, 6) is -0.139. The fraction of sp³-hybridized carbons (Fsp3) is 0.235. The molecule has 0 bridgehead atoms. The number of carbonyl (C=O) groups is 1. The number of thiophene rings is 1. The standard InChI is InChI=1S/C17H17N3O2S/c1-3-10-7-5-6-8-11(10)14-12-9-13(16(21)22-4-2)23-15(12)20-17(18)19-14/h5-9H,3-4H2,1-2H3,(H2,18,19,20). The zero-order chi connectivity index (χ0) is 16.4. The lowest BCUT2D eigenvalue weighted by molar-refractivity contribution is 0.0532. The molecule has 0 atom stereocenters. The van der Waals surface area contributed by atoms with E-state index in [1.165, 1.54) is 16.9 Å². The second kappa shape index (κ2) is 6.34. The Kier molecular flexibility index (Phi) is 4.25. The van der Waals surface area contributed by atoms with Crippen molar-refractivity contribution in [3.8, 4) is 11.3 Å². The van der Waals surface area contributed by atoms with Crippen molar-refractivity contribution >= 4 is 33.5 Å². The molecule has 0 spiro atoms. The third kappa shape index (κ3) is 2.90. The van der Waals surface area contributed by atoms with Crippen molar-refractivity contribution in [2.75, 3.05) is 12.3 Å². The summed E-state index contributed by atoms with van der Waals surface area (Å²) in [5, 5.41) is 0.827. The van der Waals surface area contributed by atoms with Gasteiger partial charge in [0.15, 0.2) is 0 Å². The molecule has 0 radical (unpaired) electrons. The number of nitrogen functional groups attached to an aromatic ring is 1. The van der Waals surface area contributed by atoms with E-state index in [1.54, 1.807) is 13.0 Å². The second-order valence-electron chi connectivity index (χ2n) is 4.99. The smallest absolute Gasteiger partial charge is 0.348 e. The van der Waals surface area contributed by atoms with Crippen LogP contribution in [0, 0.1) is 0 Å². The average Bonchev–Trinajstić information content (AvgIpc) is 2.98. The first-order chi connectivity index (χ1) is 11.1. The fourth-order valence-electron chi connectivity index (χ4n) is 2.51. The Balaban J connectivity index is 2.22. The fourth-order valence-corrected chi connectivity index (χ4v) is 3.44. The van der Waals surface area contributed by atoms with Gasteiger partial charge in [-0.15, -0.1) is 11.3 Å². The largest absolute Gasteiger partial charge is 0.462 e. The number of aryl methyl sites for hydroxylation is 1. The van der Waals surface area contributed by atoms with Crippen molar-refractivity contribution in [1.82, 2.24) is 9.97 Å². The van der Waals surface area contributed by atoms with E-state index in [9.17, 15) is 4.79 Å². The molecule has 0 amide bonds. The van der Waals surface area contributed by atoms with E-state index in [-0.39, 0.29) is 11.9 Å². The summed E-state index contributed by atoms with van der Waals surface area (Å²) >= 11 is 1.28. The van der Waals surface area contributed by atoms with Crippen LogP contribution in [-0.4, -0.2) is 22.5 Å². The Bertz CT molecular complexity index is 873. The summed E-state index contributed by atoms with van der Waals surface area (Å²) in [5.41, 5.74) is 8.82. The van der Waals surface area contributed by atoms with Crippen LogP contribution >= 0.6 is 11.3 Å². The van der Waals surface area contributed by atoms with Crippen molar-refractivity contribution in [3.05, 3.63) is 40.8 Å². The van der Waals surface area contributed by atoms with Crippen LogP contribution in [0.15, 0.2) is 30.3 Å². The number of hydrogen-bond acceptors (Lipinski definition) is 6. The minimum absolute atomic E-state index is 0.204. The van der Waals surface area contributed by atoms with Crippen LogP contribution in [0.4, 0.5) is 5.95 Å². The monoisotopic (exact) mass is 327 g/mol. The van der Waals surface area contributed by atoms with Crippen molar-refractivity contribution in [1.29, 1.82) is 0 Å². The predicted molar refractivity (Wildman–Crippen MR) is 92.6 cm³/mol. The summed E-state index contributed by atoms with van der Waals surface area (Å²) in [6.07, 6.45) is 0.885. The average molecular weight is 327 g/mol. The zero-order valence-electron chi connectivity index (χ0n) is 13.0. The third-order valence-electron chi connectivity index (χ3n) is 3.54. The number of benzene rings is 1. The second-order valence-corrected chi connectivity index (χ2v) is 6.02. The van der Waals surface area contributed by atoms with E-state index < -0.39 is 0 Å². The van der Waals surface area contributed by atoms with Gasteiger partial charge in [0.1, 0.15) is 9.71 Å². The SMILES string of the molecule is CCOC(=O)c1cc2c(-c3ccccc3CC)nc(N)nc2s1. The summed E-state index contributed by atoms with van der Waals surface area (Å²) < 4.78 is 5.07. The minimum atomic E-state index is -0.344. The van der Waals surface area contributed by atoms with Crippen LogP contribution in [0.3, 0.4) is 0 Å². The Hall–Kier alpha value is -2.47. The maximum absolute atomic E-state index is 12.0. The molecule has 0 unspecified atom stereocenters. The van der Waals surface area contributed by atoms with Crippen LogP contribution < -0.4 is 5.73 Å². The van der Waals surface area contributed by atoms with E-state index in [0.29, 0.717) is 16.3 Å². The summed E-state index contributed by atoms with van der Waals surface area (Å²) in [6, 6.07) is 9.85. The van der Waals surface area contributed by atoms with Crippen LogP contribution in [0.1, 0.15) is 29.1 Å². The zero-order valence-corrected chi connectivity index (χ0v) is 13.8. The van der Waals surface area contributed by atoms with Crippen LogP contribution in [-0.2, 0) is 11.2 Å². The number of hydrogen-bond donors (Lipinski definition) is 1. The Labute approximate surface area is 138 Å².